The molecule has 3 aliphatic rings. The molecular weight excluding hydrogens is 407 g/mol. The number of aryl methyl sites for hydroxylation is 1. The molecule has 1 N–H and O–H groups in total. The largest absolute Gasteiger partial charge is 0.433 e. The van der Waals surface area contributed by atoms with Crippen molar-refractivity contribution >= 4 is 10.0 Å². The van der Waals surface area contributed by atoms with E-state index >= 15 is 0 Å². The molecule has 4 rings (SSSR count). The van der Waals surface area contributed by atoms with Crippen molar-refractivity contribution in [3.05, 3.63) is 23.5 Å². The molecule has 0 bridgehead atoms. The van der Waals surface area contributed by atoms with E-state index in [0.29, 0.717) is 19.1 Å². The normalized spacial score (nSPS) is 29.6. The van der Waals surface area contributed by atoms with Gasteiger partial charge in [0.05, 0.1) is 18.9 Å². The average molecular weight is 433 g/mol. The Morgan fingerprint density at radius 1 is 1.24 bits per heavy atom. The van der Waals surface area contributed by atoms with Gasteiger partial charge in [0.25, 0.3) is 0 Å². The van der Waals surface area contributed by atoms with Crippen LogP contribution in [0.25, 0.3) is 0 Å². The molecule has 3 fully saturated rings. The SMILES string of the molecule is Cc1nc(C(F)(F)F)ccc1S(=O)(=O)N1C[C@H]2CC(NCC3(C)COC3)C[C@H]2C1. The Bertz CT molecular complexity index is 872. The second kappa shape index (κ2) is 7.18. The number of pyridine rings is 1. The molecule has 0 spiro atoms. The van der Waals surface area contributed by atoms with E-state index in [1.807, 2.05) is 0 Å². The molecule has 3 atom stereocenters. The number of halogens is 3. The van der Waals surface area contributed by atoms with Gasteiger partial charge < -0.3 is 10.1 Å². The van der Waals surface area contributed by atoms with Crippen molar-refractivity contribution in [2.24, 2.45) is 17.3 Å². The van der Waals surface area contributed by atoms with Crippen LogP contribution in [-0.4, -0.2) is 56.6 Å². The lowest BCUT2D eigenvalue weighted by molar-refractivity contribution is -0.141. The fraction of sp³-hybridized carbons (Fsp3) is 0.737. The highest BCUT2D eigenvalue weighted by Gasteiger charge is 2.46. The molecular formula is C19H26F3N3O3S. The van der Waals surface area contributed by atoms with Gasteiger partial charge in [-0.1, -0.05) is 6.92 Å². The Balaban J connectivity index is 1.40. The fourth-order valence-corrected chi connectivity index (χ4v) is 6.39. The van der Waals surface area contributed by atoms with Crippen LogP contribution in [0.4, 0.5) is 13.2 Å². The summed E-state index contributed by atoms with van der Waals surface area (Å²) in [7, 11) is -3.85. The maximum Gasteiger partial charge on any atom is 0.433 e. The minimum Gasteiger partial charge on any atom is -0.380 e. The van der Waals surface area contributed by atoms with Gasteiger partial charge in [0.1, 0.15) is 10.6 Å². The van der Waals surface area contributed by atoms with E-state index in [1.165, 1.54) is 11.2 Å². The first-order chi connectivity index (χ1) is 13.5. The number of ether oxygens (including phenoxy) is 1. The third-order valence-electron chi connectivity index (χ3n) is 6.38. The van der Waals surface area contributed by atoms with E-state index in [0.717, 1.165) is 44.7 Å². The molecule has 0 aromatic carbocycles. The maximum absolute atomic E-state index is 13.0. The number of aromatic nitrogens is 1. The van der Waals surface area contributed by atoms with E-state index in [9.17, 15) is 21.6 Å². The van der Waals surface area contributed by atoms with Crippen LogP contribution in [-0.2, 0) is 20.9 Å². The van der Waals surface area contributed by atoms with Gasteiger partial charge in [-0.3, -0.25) is 0 Å². The van der Waals surface area contributed by atoms with E-state index < -0.39 is 21.9 Å². The molecule has 1 aliphatic carbocycles. The summed E-state index contributed by atoms with van der Waals surface area (Å²) in [5, 5.41) is 3.60. The Hall–Kier alpha value is -1.23. The van der Waals surface area contributed by atoms with Gasteiger partial charge in [-0.2, -0.15) is 17.5 Å². The van der Waals surface area contributed by atoms with E-state index in [2.05, 4.69) is 17.2 Å². The van der Waals surface area contributed by atoms with Crippen LogP contribution in [0.1, 0.15) is 31.2 Å². The molecule has 1 unspecified atom stereocenters. The van der Waals surface area contributed by atoms with Crippen LogP contribution in [0, 0.1) is 24.2 Å². The van der Waals surface area contributed by atoms with Crippen LogP contribution in [0.5, 0.6) is 0 Å². The Labute approximate surface area is 168 Å². The standard InChI is InChI=1S/C19H26F3N3O3S/c1-12-16(3-4-17(24-12)19(20,21)22)29(26,27)25-7-13-5-15(6-14(13)8-25)23-9-18(2)10-28-11-18/h3-4,13-15,23H,5-11H2,1-2H3/t13-,14+,15?. The zero-order chi connectivity index (χ0) is 21.0. The van der Waals surface area contributed by atoms with Crippen LogP contribution in [0.15, 0.2) is 17.0 Å². The number of fused-ring (bicyclic) bond motifs is 1. The maximum atomic E-state index is 13.0. The van der Waals surface area contributed by atoms with Crippen molar-refractivity contribution in [1.29, 1.82) is 0 Å². The summed E-state index contributed by atoms with van der Waals surface area (Å²) >= 11 is 0. The number of nitrogens with zero attached hydrogens (tertiary/aromatic N) is 2. The first-order valence-electron chi connectivity index (χ1n) is 9.84. The van der Waals surface area contributed by atoms with Gasteiger partial charge in [0.2, 0.25) is 10.0 Å². The van der Waals surface area contributed by atoms with Crippen LogP contribution >= 0.6 is 0 Å². The fourth-order valence-electron chi connectivity index (χ4n) is 4.68. The summed E-state index contributed by atoms with van der Waals surface area (Å²) in [6.07, 6.45) is -2.77. The third-order valence-corrected chi connectivity index (χ3v) is 8.35. The molecule has 1 aromatic heterocycles. The summed E-state index contributed by atoms with van der Waals surface area (Å²) in [6.45, 7) is 6.75. The molecule has 2 saturated heterocycles. The number of rotatable bonds is 5. The number of hydrogen-bond donors (Lipinski definition) is 1. The Morgan fingerprint density at radius 3 is 2.34 bits per heavy atom. The third kappa shape index (κ3) is 4.04. The molecule has 0 amide bonds. The monoisotopic (exact) mass is 433 g/mol. The first kappa shape index (κ1) is 21.0. The number of sulfonamides is 1. The number of hydrogen-bond acceptors (Lipinski definition) is 5. The molecule has 1 saturated carbocycles. The number of nitrogens with one attached hydrogen (secondary N) is 1. The van der Waals surface area contributed by atoms with Gasteiger partial charge in [-0.15, -0.1) is 0 Å². The average Bonchev–Trinajstić information content (AvgIpc) is 3.16. The molecule has 6 nitrogen and oxygen atoms in total. The molecule has 162 valence electrons. The Kier molecular flexibility index (Phi) is 5.20. The van der Waals surface area contributed by atoms with Crippen molar-refractivity contribution in [3.8, 4) is 0 Å². The molecule has 3 heterocycles. The van der Waals surface area contributed by atoms with Crippen molar-refractivity contribution in [2.75, 3.05) is 32.8 Å². The van der Waals surface area contributed by atoms with E-state index in [-0.39, 0.29) is 27.8 Å². The molecule has 29 heavy (non-hydrogen) atoms. The van der Waals surface area contributed by atoms with Gasteiger partial charge >= 0.3 is 6.18 Å². The zero-order valence-corrected chi connectivity index (χ0v) is 17.3. The lowest BCUT2D eigenvalue weighted by atomic mass is 9.88. The lowest BCUT2D eigenvalue weighted by Crippen LogP contribution is -2.49. The van der Waals surface area contributed by atoms with Gasteiger partial charge in [0.15, 0.2) is 0 Å². The molecule has 1 aromatic rings. The van der Waals surface area contributed by atoms with E-state index in [4.69, 9.17) is 4.74 Å². The quantitative estimate of drug-likeness (QED) is 0.772. The van der Waals surface area contributed by atoms with Gasteiger partial charge in [-0.25, -0.2) is 13.4 Å². The summed E-state index contributed by atoms with van der Waals surface area (Å²) in [4.78, 5) is 3.34. The highest BCUT2D eigenvalue weighted by molar-refractivity contribution is 7.89. The Morgan fingerprint density at radius 2 is 1.86 bits per heavy atom. The van der Waals surface area contributed by atoms with Crippen LogP contribution in [0.3, 0.4) is 0 Å². The second-order valence-electron chi connectivity index (χ2n) is 8.97. The summed E-state index contributed by atoms with van der Waals surface area (Å²) in [6, 6.07) is 2.14. The predicted molar refractivity (Wildman–Crippen MR) is 99.7 cm³/mol. The van der Waals surface area contributed by atoms with Crippen LogP contribution < -0.4 is 5.32 Å². The summed E-state index contributed by atoms with van der Waals surface area (Å²) in [5.41, 5.74) is -1.00. The van der Waals surface area contributed by atoms with Crippen molar-refractivity contribution in [1.82, 2.24) is 14.6 Å². The first-order valence-corrected chi connectivity index (χ1v) is 11.3. The highest BCUT2D eigenvalue weighted by Crippen LogP contribution is 2.41. The second-order valence-corrected chi connectivity index (χ2v) is 10.9. The van der Waals surface area contributed by atoms with Gasteiger partial charge in [0, 0.05) is 31.1 Å². The topological polar surface area (TPSA) is 71.5 Å². The predicted octanol–water partition coefficient (Wildman–Crippen LogP) is 2.43. The van der Waals surface area contributed by atoms with Crippen LogP contribution in [0.2, 0.25) is 0 Å². The minimum absolute atomic E-state index is 0.118. The number of alkyl halides is 3. The van der Waals surface area contributed by atoms with Crippen molar-refractivity contribution in [3.63, 3.8) is 0 Å². The smallest absolute Gasteiger partial charge is 0.380 e. The van der Waals surface area contributed by atoms with Crippen molar-refractivity contribution < 1.29 is 26.3 Å². The lowest BCUT2D eigenvalue weighted by Gasteiger charge is -2.39. The summed E-state index contributed by atoms with van der Waals surface area (Å²) in [5.74, 6) is 0.547. The van der Waals surface area contributed by atoms with E-state index in [1.54, 1.807) is 0 Å². The molecule has 2 aliphatic heterocycles. The molecule has 10 heteroatoms. The zero-order valence-electron chi connectivity index (χ0n) is 16.5. The minimum atomic E-state index is -4.59. The highest BCUT2D eigenvalue weighted by atomic mass is 32.2. The molecule has 0 radical (unpaired) electrons. The van der Waals surface area contributed by atoms with Crippen molar-refractivity contribution in [2.45, 2.75) is 43.8 Å². The van der Waals surface area contributed by atoms with Gasteiger partial charge in [-0.05, 0) is 43.7 Å². The summed E-state index contributed by atoms with van der Waals surface area (Å²) < 4.78 is 71.2.